The maximum absolute atomic E-state index is 13.3. The van der Waals surface area contributed by atoms with Gasteiger partial charge >= 0.3 is 0 Å². The highest BCUT2D eigenvalue weighted by atomic mass is 16.2. The van der Waals surface area contributed by atoms with E-state index in [2.05, 4.69) is 10.3 Å². The molecule has 1 aromatic heterocycles. The molecule has 0 spiro atoms. The van der Waals surface area contributed by atoms with Crippen molar-refractivity contribution in [1.29, 1.82) is 0 Å². The zero-order valence-electron chi connectivity index (χ0n) is 19.0. The number of aromatic nitrogens is 1. The summed E-state index contributed by atoms with van der Waals surface area (Å²) in [7, 11) is 0. The molecule has 2 aliphatic heterocycles. The second-order valence-corrected chi connectivity index (χ2v) is 8.87. The van der Waals surface area contributed by atoms with Crippen molar-refractivity contribution in [3.63, 3.8) is 0 Å². The lowest BCUT2D eigenvalue weighted by Crippen LogP contribution is -2.62. The van der Waals surface area contributed by atoms with Crippen LogP contribution < -0.4 is 10.2 Å². The van der Waals surface area contributed by atoms with Crippen LogP contribution in [-0.4, -0.2) is 39.8 Å². The second-order valence-electron chi connectivity index (χ2n) is 8.87. The van der Waals surface area contributed by atoms with E-state index in [0.717, 1.165) is 11.1 Å². The van der Waals surface area contributed by atoms with Crippen molar-refractivity contribution in [2.75, 3.05) is 16.8 Å². The summed E-state index contributed by atoms with van der Waals surface area (Å²) in [6.07, 6.45) is 3.45. The summed E-state index contributed by atoms with van der Waals surface area (Å²) in [6.45, 7) is 2.32. The lowest BCUT2D eigenvalue weighted by molar-refractivity contribution is -0.118. The Hall–Kier alpha value is -4.00. The molecule has 1 N–H and O–H groups in total. The Balaban J connectivity index is 1.22. The van der Waals surface area contributed by atoms with Crippen LogP contribution in [0.4, 0.5) is 11.5 Å². The van der Waals surface area contributed by atoms with E-state index in [1.54, 1.807) is 28.1 Å². The number of nitrogens with zero attached hydrogens (tertiary/aromatic N) is 3. The zero-order valence-corrected chi connectivity index (χ0v) is 19.0. The van der Waals surface area contributed by atoms with E-state index >= 15 is 0 Å². The molecule has 1 fully saturated rings. The van der Waals surface area contributed by atoms with Crippen molar-refractivity contribution < 1.29 is 14.4 Å². The molecule has 172 valence electrons. The Bertz CT molecular complexity index is 1240. The van der Waals surface area contributed by atoms with Crippen molar-refractivity contribution in [3.8, 4) is 11.1 Å². The fraction of sp³-hybridized carbons (Fsp3) is 0.259. The van der Waals surface area contributed by atoms with E-state index in [4.69, 9.17) is 0 Å². The van der Waals surface area contributed by atoms with Crippen LogP contribution in [0.15, 0.2) is 72.9 Å². The van der Waals surface area contributed by atoms with Gasteiger partial charge in [-0.15, -0.1) is 0 Å². The van der Waals surface area contributed by atoms with Crippen molar-refractivity contribution in [3.05, 3.63) is 78.5 Å². The lowest BCUT2D eigenvalue weighted by atomic mass is 9.98. The Morgan fingerprint density at radius 3 is 2.53 bits per heavy atom. The number of amides is 3. The van der Waals surface area contributed by atoms with Gasteiger partial charge in [-0.25, -0.2) is 4.98 Å². The molecule has 7 heteroatoms. The van der Waals surface area contributed by atoms with Gasteiger partial charge in [-0.3, -0.25) is 19.3 Å². The fourth-order valence-corrected chi connectivity index (χ4v) is 4.91. The highest BCUT2D eigenvalue weighted by molar-refractivity contribution is 6.10. The topological polar surface area (TPSA) is 82.6 Å². The summed E-state index contributed by atoms with van der Waals surface area (Å²) in [4.78, 5) is 46.3. The molecule has 1 atom stereocenters. The van der Waals surface area contributed by atoms with Crippen molar-refractivity contribution >= 4 is 29.2 Å². The Labute approximate surface area is 198 Å². The molecule has 2 aromatic carbocycles. The molecular formula is C27H26N4O3. The van der Waals surface area contributed by atoms with Gasteiger partial charge < -0.3 is 10.2 Å². The fourth-order valence-electron chi connectivity index (χ4n) is 4.91. The monoisotopic (exact) mass is 454 g/mol. The third kappa shape index (κ3) is 3.83. The minimum Gasteiger partial charge on any atom is -0.315 e. The molecule has 0 aliphatic carbocycles. The molecule has 2 aliphatic rings. The zero-order chi connectivity index (χ0) is 23.7. The van der Waals surface area contributed by atoms with Gasteiger partial charge in [-0.05, 0) is 49.6 Å². The van der Waals surface area contributed by atoms with Crippen LogP contribution in [0.25, 0.3) is 11.1 Å². The Morgan fingerprint density at radius 2 is 1.76 bits per heavy atom. The number of nitrogens with one attached hydrogen (secondary N) is 1. The van der Waals surface area contributed by atoms with E-state index in [0.29, 0.717) is 42.9 Å². The molecule has 34 heavy (non-hydrogen) atoms. The van der Waals surface area contributed by atoms with E-state index in [1.807, 2.05) is 61.5 Å². The van der Waals surface area contributed by atoms with Gasteiger partial charge in [0.15, 0.2) is 0 Å². The number of benzene rings is 2. The summed E-state index contributed by atoms with van der Waals surface area (Å²) in [5.74, 6) is 0.263. The van der Waals surface area contributed by atoms with Gasteiger partial charge in [0.2, 0.25) is 11.8 Å². The van der Waals surface area contributed by atoms with Crippen molar-refractivity contribution in [2.24, 2.45) is 0 Å². The number of hydrogen-bond donors (Lipinski definition) is 1. The standard InChI is InChI=1S/C27H26N4O3/c1-27-16-15-25(33)31(27)22-11-6-5-10-21(22)26(34)30(27)17-7-12-24(32)29-23-14-13-20(18-28-23)19-8-3-2-4-9-19/h2-6,8-11,13-14,18H,7,12,15-17H2,1H3,(H,28,29,32). The van der Waals surface area contributed by atoms with Crippen LogP contribution in [0.1, 0.15) is 43.0 Å². The molecule has 5 rings (SSSR count). The summed E-state index contributed by atoms with van der Waals surface area (Å²) in [5.41, 5.74) is 2.55. The summed E-state index contributed by atoms with van der Waals surface area (Å²) in [6, 6.07) is 20.9. The number of pyridine rings is 1. The maximum Gasteiger partial charge on any atom is 0.257 e. The van der Waals surface area contributed by atoms with Gasteiger partial charge in [0.05, 0.1) is 11.3 Å². The molecule has 0 bridgehead atoms. The molecule has 3 amide bonds. The van der Waals surface area contributed by atoms with Crippen molar-refractivity contribution in [2.45, 2.75) is 38.3 Å². The van der Waals surface area contributed by atoms with Gasteiger partial charge in [0, 0.05) is 31.1 Å². The quantitative estimate of drug-likeness (QED) is 0.596. The first-order valence-corrected chi connectivity index (χ1v) is 11.5. The van der Waals surface area contributed by atoms with Crippen LogP contribution in [0.5, 0.6) is 0 Å². The molecule has 3 aromatic rings. The highest BCUT2D eigenvalue weighted by Gasteiger charge is 2.52. The number of fused-ring (bicyclic) bond motifs is 3. The van der Waals surface area contributed by atoms with Gasteiger partial charge in [0.1, 0.15) is 11.5 Å². The molecule has 0 saturated carbocycles. The normalized spacial score (nSPS) is 19.1. The Morgan fingerprint density at radius 1 is 1.00 bits per heavy atom. The summed E-state index contributed by atoms with van der Waals surface area (Å²) >= 11 is 0. The number of carbonyl (C=O) groups is 3. The largest absolute Gasteiger partial charge is 0.315 e. The average Bonchev–Trinajstić information content (AvgIpc) is 3.17. The third-order valence-electron chi connectivity index (χ3n) is 6.67. The number of para-hydroxylation sites is 1. The third-order valence-corrected chi connectivity index (χ3v) is 6.67. The van der Waals surface area contributed by atoms with E-state index < -0.39 is 5.66 Å². The number of carbonyl (C=O) groups excluding carboxylic acids is 3. The van der Waals surface area contributed by atoms with E-state index in [9.17, 15) is 14.4 Å². The van der Waals surface area contributed by atoms with E-state index in [1.165, 1.54) is 0 Å². The minimum absolute atomic E-state index is 0.0233. The minimum atomic E-state index is -0.701. The van der Waals surface area contributed by atoms with Gasteiger partial charge in [-0.2, -0.15) is 0 Å². The van der Waals surface area contributed by atoms with Crippen LogP contribution in [0, 0.1) is 0 Å². The number of rotatable bonds is 6. The predicted octanol–water partition coefficient (Wildman–Crippen LogP) is 4.47. The Kier molecular flexibility index (Phi) is 5.61. The van der Waals surface area contributed by atoms with Crippen LogP contribution in [-0.2, 0) is 9.59 Å². The first-order valence-electron chi connectivity index (χ1n) is 11.5. The van der Waals surface area contributed by atoms with Crippen LogP contribution >= 0.6 is 0 Å². The molecule has 0 radical (unpaired) electrons. The maximum atomic E-state index is 13.3. The van der Waals surface area contributed by atoms with Crippen molar-refractivity contribution in [1.82, 2.24) is 9.88 Å². The van der Waals surface area contributed by atoms with Crippen LogP contribution in [0.3, 0.4) is 0 Å². The van der Waals surface area contributed by atoms with Crippen LogP contribution in [0.2, 0.25) is 0 Å². The molecule has 7 nitrogen and oxygen atoms in total. The molecule has 1 saturated heterocycles. The number of anilines is 2. The number of hydrogen-bond acceptors (Lipinski definition) is 4. The highest BCUT2D eigenvalue weighted by Crippen LogP contribution is 2.44. The van der Waals surface area contributed by atoms with E-state index in [-0.39, 0.29) is 24.1 Å². The first kappa shape index (κ1) is 21.8. The predicted molar refractivity (Wildman–Crippen MR) is 130 cm³/mol. The molecule has 3 heterocycles. The molecular weight excluding hydrogens is 428 g/mol. The van der Waals surface area contributed by atoms with Gasteiger partial charge in [0.25, 0.3) is 5.91 Å². The lowest BCUT2D eigenvalue weighted by Gasteiger charge is -2.48. The van der Waals surface area contributed by atoms with Gasteiger partial charge in [-0.1, -0.05) is 42.5 Å². The first-order chi connectivity index (χ1) is 16.5. The SMILES string of the molecule is CC12CCC(=O)N1c1ccccc1C(=O)N2CCCC(=O)Nc1ccc(-c2ccccc2)cn1. The summed E-state index contributed by atoms with van der Waals surface area (Å²) in [5, 5.41) is 2.83. The second kappa shape index (κ2) is 8.74. The summed E-state index contributed by atoms with van der Waals surface area (Å²) < 4.78 is 0. The molecule has 1 unspecified atom stereocenters. The smallest absolute Gasteiger partial charge is 0.257 e. The average molecular weight is 455 g/mol.